The molecule has 0 spiro atoms. The van der Waals surface area contributed by atoms with Crippen molar-refractivity contribution in [2.24, 2.45) is 0 Å². The van der Waals surface area contributed by atoms with Crippen LogP contribution in [0, 0.1) is 12.7 Å². The lowest BCUT2D eigenvalue weighted by atomic mass is 10.2. The van der Waals surface area contributed by atoms with E-state index >= 15 is 0 Å². The Balaban J connectivity index is 1.97. The summed E-state index contributed by atoms with van der Waals surface area (Å²) in [6.45, 7) is 1.97. The molecule has 0 aliphatic carbocycles. The fourth-order valence-corrected chi connectivity index (χ4v) is 3.77. The fraction of sp³-hybridized carbons (Fsp3) is 0.0714. The van der Waals surface area contributed by atoms with Crippen molar-refractivity contribution < 1.29 is 8.94 Å². The highest BCUT2D eigenvalue weighted by atomic mass is 32.2. The molecule has 1 heterocycles. The zero-order valence-electron chi connectivity index (χ0n) is 11.1. The predicted molar refractivity (Wildman–Crippen MR) is 85.2 cm³/mol. The van der Waals surface area contributed by atoms with Gasteiger partial charge < -0.3 is 10.3 Å². The van der Waals surface area contributed by atoms with Crippen LogP contribution >= 0.6 is 11.3 Å². The van der Waals surface area contributed by atoms with Gasteiger partial charge in [0, 0.05) is 6.07 Å². The van der Waals surface area contributed by atoms with Crippen LogP contribution in [-0.2, 0) is 11.4 Å². The number of anilines is 2. The second-order valence-electron chi connectivity index (χ2n) is 4.54. The van der Waals surface area contributed by atoms with Gasteiger partial charge in [-0.3, -0.25) is 0 Å². The standard InChI is InChI=1S/C14H12FN3OS2/c1-8-2-4-10(5-3-8)18-21(19)12-7-9(15)6-11-13(12)17-14(16)20-11/h2-7,18H,1H3,(H2,16,17). The number of benzene rings is 2. The van der Waals surface area contributed by atoms with Gasteiger partial charge in [-0.1, -0.05) is 29.0 Å². The van der Waals surface area contributed by atoms with E-state index < -0.39 is 17.2 Å². The number of fused-ring (bicyclic) bond motifs is 1. The van der Waals surface area contributed by atoms with Gasteiger partial charge in [-0.25, -0.2) is 14.1 Å². The van der Waals surface area contributed by atoms with Gasteiger partial charge in [-0.05, 0) is 25.1 Å². The first-order valence-corrected chi connectivity index (χ1v) is 8.10. The van der Waals surface area contributed by atoms with Gasteiger partial charge >= 0.3 is 0 Å². The minimum Gasteiger partial charge on any atom is -0.588 e. The number of aryl methyl sites for hydroxylation is 1. The lowest BCUT2D eigenvalue weighted by molar-refractivity contribution is 0.596. The lowest BCUT2D eigenvalue weighted by Gasteiger charge is -2.12. The number of hydrogen-bond acceptors (Lipinski definition) is 5. The Bertz CT molecular complexity index is 789. The number of nitrogens with two attached hydrogens (primary N) is 1. The minimum atomic E-state index is -1.61. The van der Waals surface area contributed by atoms with E-state index in [4.69, 9.17) is 5.73 Å². The highest BCUT2D eigenvalue weighted by Crippen LogP contribution is 2.31. The molecule has 0 aliphatic rings. The number of rotatable bonds is 3. The van der Waals surface area contributed by atoms with Gasteiger partial charge in [-0.2, -0.15) is 0 Å². The number of halogens is 1. The molecule has 0 aliphatic heterocycles. The van der Waals surface area contributed by atoms with Crippen LogP contribution in [0.4, 0.5) is 15.2 Å². The summed E-state index contributed by atoms with van der Waals surface area (Å²) >= 11 is -0.443. The zero-order valence-corrected chi connectivity index (χ0v) is 12.7. The lowest BCUT2D eigenvalue weighted by Crippen LogP contribution is -2.13. The molecule has 0 fully saturated rings. The first-order valence-electron chi connectivity index (χ1n) is 6.13. The molecule has 0 saturated carbocycles. The number of aromatic nitrogens is 1. The molecule has 0 bridgehead atoms. The summed E-state index contributed by atoms with van der Waals surface area (Å²) in [4.78, 5) is 4.42. The molecule has 4 nitrogen and oxygen atoms in total. The van der Waals surface area contributed by atoms with Crippen molar-refractivity contribution in [2.75, 3.05) is 10.5 Å². The van der Waals surface area contributed by atoms with E-state index in [1.54, 1.807) is 0 Å². The topological polar surface area (TPSA) is 74.0 Å². The smallest absolute Gasteiger partial charge is 0.209 e. The van der Waals surface area contributed by atoms with Gasteiger partial charge in [0.15, 0.2) is 5.13 Å². The third-order valence-electron chi connectivity index (χ3n) is 2.90. The third kappa shape index (κ3) is 2.94. The number of nitrogens with zero attached hydrogens (tertiary/aromatic N) is 1. The Hall–Kier alpha value is -1.83. The molecule has 2 aromatic carbocycles. The van der Waals surface area contributed by atoms with E-state index in [9.17, 15) is 8.94 Å². The maximum absolute atomic E-state index is 13.6. The molecule has 108 valence electrons. The minimum absolute atomic E-state index is 0.290. The van der Waals surface area contributed by atoms with E-state index in [0.29, 0.717) is 25.9 Å². The quantitative estimate of drug-likeness (QED) is 0.725. The van der Waals surface area contributed by atoms with Crippen molar-refractivity contribution in [1.82, 2.24) is 4.98 Å². The number of thiazole rings is 1. The number of nitrogen functional groups attached to an aromatic ring is 1. The molecule has 7 heteroatoms. The fourth-order valence-electron chi connectivity index (χ4n) is 1.91. The van der Waals surface area contributed by atoms with Gasteiger partial charge in [-0.15, -0.1) is 0 Å². The molecule has 3 rings (SSSR count). The summed E-state index contributed by atoms with van der Waals surface area (Å²) in [7, 11) is 0. The summed E-state index contributed by atoms with van der Waals surface area (Å²) in [5.41, 5.74) is 7.91. The molecule has 3 N–H and O–H groups in total. The molecule has 1 unspecified atom stereocenters. The highest BCUT2D eigenvalue weighted by Gasteiger charge is 2.20. The maximum Gasteiger partial charge on any atom is 0.209 e. The molecule has 0 amide bonds. The Morgan fingerprint density at radius 1 is 1.29 bits per heavy atom. The van der Waals surface area contributed by atoms with E-state index in [0.717, 1.165) is 5.56 Å². The van der Waals surface area contributed by atoms with E-state index in [1.165, 1.54) is 23.5 Å². The van der Waals surface area contributed by atoms with Crippen LogP contribution in [0.3, 0.4) is 0 Å². The van der Waals surface area contributed by atoms with E-state index in [1.807, 2.05) is 31.2 Å². The van der Waals surface area contributed by atoms with Crippen LogP contribution in [0.15, 0.2) is 41.3 Å². The van der Waals surface area contributed by atoms with E-state index in [2.05, 4.69) is 9.71 Å². The second kappa shape index (κ2) is 5.51. The number of hydrogen-bond donors (Lipinski definition) is 2. The van der Waals surface area contributed by atoms with Crippen LogP contribution in [0.5, 0.6) is 0 Å². The first-order chi connectivity index (χ1) is 10.0. The van der Waals surface area contributed by atoms with Crippen LogP contribution in [0.2, 0.25) is 0 Å². The average molecular weight is 321 g/mol. The van der Waals surface area contributed by atoms with Crippen LogP contribution < -0.4 is 10.5 Å². The largest absolute Gasteiger partial charge is 0.588 e. The third-order valence-corrected chi connectivity index (χ3v) is 4.87. The first kappa shape index (κ1) is 14.1. The van der Waals surface area contributed by atoms with Crippen molar-refractivity contribution in [2.45, 2.75) is 11.8 Å². The number of nitrogens with one attached hydrogen (secondary N) is 1. The Morgan fingerprint density at radius 3 is 2.71 bits per heavy atom. The Labute approximate surface area is 128 Å². The predicted octanol–water partition coefficient (Wildman–Crippen LogP) is 3.46. The molecule has 0 saturated heterocycles. The molecular formula is C14H12FN3OS2. The maximum atomic E-state index is 13.6. The van der Waals surface area contributed by atoms with Gasteiger partial charge in [0.2, 0.25) is 4.90 Å². The summed E-state index contributed by atoms with van der Waals surface area (Å²) in [5.74, 6) is -0.458. The SMILES string of the molecule is Cc1ccc(N[S+]([O-])c2cc(F)cc3sc(N)nc23)cc1. The molecule has 1 atom stereocenters. The zero-order chi connectivity index (χ0) is 15.0. The summed E-state index contributed by atoms with van der Waals surface area (Å²) in [5, 5.41) is 0.323. The van der Waals surface area contributed by atoms with Crippen LogP contribution in [0.25, 0.3) is 10.2 Å². The van der Waals surface area contributed by atoms with Gasteiger partial charge in [0.05, 0.1) is 10.4 Å². The summed E-state index contributed by atoms with van der Waals surface area (Å²) in [6, 6.07) is 10.0. The van der Waals surface area contributed by atoms with E-state index in [-0.39, 0.29) is 0 Å². The van der Waals surface area contributed by atoms with Crippen molar-refractivity contribution in [1.29, 1.82) is 0 Å². The Morgan fingerprint density at radius 2 is 2.00 bits per heavy atom. The van der Waals surface area contributed by atoms with Crippen molar-refractivity contribution in [3.05, 3.63) is 47.8 Å². The second-order valence-corrected chi connectivity index (χ2v) is 6.78. The van der Waals surface area contributed by atoms with Crippen LogP contribution in [-0.4, -0.2) is 9.54 Å². The Kier molecular flexibility index (Phi) is 3.71. The van der Waals surface area contributed by atoms with Crippen LogP contribution in [0.1, 0.15) is 5.56 Å². The molecule has 0 radical (unpaired) electrons. The van der Waals surface area contributed by atoms with Crippen molar-refractivity contribution in [3.63, 3.8) is 0 Å². The summed E-state index contributed by atoms with van der Waals surface area (Å²) in [6.07, 6.45) is 0. The summed E-state index contributed by atoms with van der Waals surface area (Å²) < 4.78 is 29.5. The van der Waals surface area contributed by atoms with Gasteiger partial charge in [0.1, 0.15) is 22.7 Å². The van der Waals surface area contributed by atoms with Gasteiger partial charge in [0.25, 0.3) is 0 Å². The van der Waals surface area contributed by atoms with Crippen molar-refractivity contribution >= 4 is 43.7 Å². The molecular weight excluding hydrogens is 309 g/mol. The molecule has 21 heavy (non-hydrogen) atoms. The highest BCUT2D eigenvalue weighted by molar-refractivity contribution is 7.93. The normalized spacial score (nSPS) is 12.5. The molecule has 3 aromatic rings. The average Bonchev–Trinajstić information content (AvgIpc) is 2.80. The molecule has 1 aromatic heterocycles. The monoisotopic (exact) mass is 321 g/mol. The van der Waals surface area contributed by atoms with Crippen molar-refractivity contribution in [3.8, 4) is 0 Å².